The van der Waals surface area contributed by atoms with Crippen LogP contribution in [0.25, 0.3) is 0 Å². The van der Waals surface area contributed by atoms with Crippen LogP contribution in [0.5, 0.6) is 0 Å². The van der Waals surface area contributed by atoms with Gasteiger partial charge in [0.25, 0.3) is 0 Å². The number of halogens is 4. The molecule has 0 aliphatic heterocycles. The summed E-state index contributed by atoms with van der Waals surface area (Å²) in [5.41, 5.74) is 0.112. The van der Waals surface area contributed by atoms with Crippen molar-refractivity contribution in [1.29, 1.82) is 0 Å². The first kappa shape index (κ1) is 15.0. The van der Waals surface area contributed by atoms with Crippen molar-refractivity contribution in [3.8, 4) is 0 Å². The van der Waals surface area contributed by atoms with E-state index in [-0.39, 0.29) is 10.6 Å². The van der Waals surface area contributed by atoms with Gasteiger partial charge in [-0.1, -0.05) is 27.5 Å². The van der Waals surface area contributed by atoms with Gasteiger partial charge in [0.2, 0.25) is 0 Å². The summed E-state index contributed by atoms with van der Waals surface area (Å²) in [5, 5.41) is 8.84. The van der Waals surface area contributed by atoms with Crippen molar-refractivity contribution in [3.63, 3.8) is 0 Å². The molecule has 0 radical (unpaired) electrons. The van der Waals surface area contributed by atoms with Crippen LogP contribution in [0.1, 0.15) is 10.4 Å². The molecule has 0 bridgehead atoms. The summed E-state index contributed by atoms with van der Waals surface area (Å²) in [6.07, 6.45) is 0. The largest absolute Gasteiger partial charge is 0.478 e. The molecule has 0 spiro atoms. The van der Waals surface area contributed by atoms with Crippen LogP contribution in [0.2, 0.25) is 5.02 Å². The summed E-state index contributed by atoms with van der Waals surface area (Å²) in [6, 6.07) is 4.69. The third-order valence-corrected chi connectivity index (χ3v) is 2.62. The molecule has 0 amide bonds. The molecule has 0 aliphatic carbocycles. The van der Waals surface area contributed by atoms with Gasteiger partial charge in [-0.2, -0.15) is 0 Å². The lowest BCUT2D eigenvalue weighted by molar-refractivity contribution is 0.0697. The molecule has 84 valence electrons. The van der Waals surface area contributed by atoms with E-state index in [1.807, 2.05) is 0 Å². The SMILES string of the molecule is ClCCCl.O=C(O)c1cc(Br)ccc1Cl. The number of benzene rings is 1. The topological polar surface area (TPSA) is 37.3 Å². The second kappa shape index (κ2) is 8.22. The number of aromatic carboxylic acids is 1. The number of carbonyl (C=O) groups is 1. The van der Waals surface area contributed by atoms with Crippen molar-refractivity contribution in [2.75, 3.05) is 11.8 Å². The zero-order valence-electron chi connectivity index (χ0n) is 7.51. The van der Waals surface area contributed by atoms with Crippen molar-refractivity contribution in [2.45, 2.75) is 0 Å². The van der Waals surface area contributed by atoms with Gasteiger partial charge >= 0.3 is 5.97 Å². The van der Waals surface area contributed by atoms with E-state index in [0.29, 0.717) is 16.2 Å². The molecular weight excluding hydrogens is 326 g/mol. The first-order valence-corrected chi connectivity index (χ1v) is 6.07. The normalized spacial score (nSPS) is 9.07. The highest BCUT2D eigenvalue weighted by Gasteiger charge is 2.07. The molecule has 1 N–H and O–H groups in total. The van der Waals surface area contributed by atoms with Gasteiger partial charge in [0.1, 0.15) is 0 Å². The van der Waals surface area contributed by atoms with Crippen LogP contribution < -0.4 is 0 Å². The van der Waals surface area contributed by atoms with Gasteiger partial charge < -0.3 is 5.11 Å². The minimum Gasteiger partial charge on any atom is -0.478 e. The van der Waals surface area contributed by atoms with Crippen molar-refractivity contribution in [1.82, 2.24) is 0 Å². The van der Waals surface area contributed by atoms with Gasteiger partial charge in [-0.05, 0) is 18.2 Å². The maximum absolute atomic E-state index is 10.5. The van der Waals surface area contributed by atoms with E-state index in [1.54, 1.807) is 6.07 Å². The second-order valence-corrected chi connectivity index (χ2v) is 4.39. The van der Waals surface area contributed by atoms with Crippen molar-refractivity contribution >= 4 is 56.7 Å². The van der Waals surface area contributed by atoms with Crippen molar-refractivity contribution in [3.05, 3.63) is 33.3 Å². The van der Waals surface area contributed by atoms with E-state index in [0.717, 1.165) is 0 Å². The smallest absolute Gasteiger partial charge is 0.337 e. The van der Waals surface area contributed by atoms with Crippen LogP contribution in [0.3, 0.4) is 0 Å². The molecule has 1 aromatic rings. The molecule has 0 fully saturated rings. The lowest BCUT2D eigenvalue weighted by atomic mass is 10.2. The van der Waals surface area contributed by atoms with E-state index in [2.05, 4.69) is 15.9 Å². The predicted octanol–water partition coefficient (Wildman–Crippen LogP) is 4.26. The number of hydrogen-bond donors (Lipinski definition) is 1. The Morgan fingerprint density at radius 3 is 2.20 bits per heavy atom. The van der Waals surface area contributed by atoms with Gasteiger partial charge in [-0.3, -0.25) is 0 Å². The molecule has 0 saturated heterocycles. The fraction of sp³-hybridized carbons (Fsp3) is 0.222. The third-order valence-electron chi connectivity index (χ3n) is 1.23. The van der Waals surface area contributed by atoms with Crippen LogP contribution >= 0.6 is 50.7 Å². The number of alkyl halides is 2. The molecule has 0 atom stereocenters. The maximum atomic E-state index is 10.5. The quantitative estimate of drug-likeness (QED) is 0.820. The van der Waals surface area contributed by atoms with Crippen molar-refractivity contribution in [2.24, 2.45) is 0 Å². The van der Waals surface area contributed by atoms with E-state index in [9.17, 15) is 4.79 Å². The average molecular weight is 334 g/mol. The lowest BCUT2D eigenvalue weighted by Gasteiger charge is -1.97. The molecule has 0 heterocycles. The van der Waals surface area contributed by atoms with Gasteiger partial charge in [0, 0.05) is 16.2 Å². The molecule has 6 heteroatoms. The molecule has 1 rings (SSSR count). The van der Waals surface area contributed by atoms with E-state index in [4.69, 9.17) is 39.9 Å². The highest BCUT2D eigenvalue weighted by atomic mass is 79.9. The van der Waals surface area contributed by atoms with Crippen LogP contribution in [0.4, 0.5) is 0 Å². The Hall–Kier alpha value is 0.0400. The fourth-order valence-corrected chi connectivity index (χ4v) is 1.22. The summed E-state index contributed by atoms with van der Waals surface area (Å²) < 4.78 is 0.708. The van der Waals surface area contributed by atoms with Crippen LogP contribution in [-0.2, 0) is 0 Å². The maximum Gasteiger partial charge on any atom is 0.337 e. The minimum absolute atomic E-state index is 0.112. The third kappa shape index (κ3) is 6.25. The highest BCUT2D eigenvalue weighted by Crippen LogP contribution is 2.20. The molecular formula is C9H8BrCl3O2. The first-order chi connectivity index (χ1) is 7.02. The van der Waals surface area contributed by atoms with Gasteiger partial charge in [-0.15, -0.1) is 23.2 Å². The first-order valence-electron chi connectivity index (χ1n) is 3.83. The minimum atomic E-state index is -1.02. The molecule has 0 aliphatic rings. The molecule has 2 nitrogen and oxygen atoms in total. The summed E-state index contributed by atoms with van der Waals surface area (Å²) in [7, 11) is 0. The standard InChI is InChI=1S/C7H4BrClO2.C2H4Cl2/c8-4-1-2-6(9)5(3-4)7(10)11;3-1-2-4/h1-3H,(H,10,11);1-2H2. The van der Waals surface area contributed by atoms with E-state index < -0.39 is 5.97 Å². The van der Waals surface area contributed by atoms with Crippen LogP contribution in [-0.4, -0.2) is 22.8 Å². The summed E-state index contributed by atoms with van der Waals surface area (Å²) in [5.74, 6) is 0.0969. The highest BCUT2D eigenvalue weighted by molar-refractivity contribution is 9.10. The number of carboxylic acids is 1. The molecule has 0 saturated carbocycles. The number of hydrogen-bond acceptors (Lipinski definition) is 1. The number of rotatable bonds is 2. The Bertz CT molecular complexity index is 329. The molecule has 15 heavy (non-hydrogen) atoms. The average Bonchev–Trinajstić information content (AvgIpc) is 2.22. The molecule has 0 unspecified atom stereocenters. The molecule has 1 aromatic carbocycles. The molecule has 0 aromatic heterocycles. The monoisotopic (exact) mass is 332 g/mol. The zero-order chi connectivity index (χ0) is 11.8. The second-order valence-electron chi connectivity index (χ2n) is 2.31. The van der Waals surface area contributed by atoms with Gasteiger partial charge in [-0.25, -0.2) is 4.79 Å². The Labute approximate surface area is 111 Å². The Balaban J connectivity index is 0.000000423. The number of carboxylic acid groups (broad SMARTS) is 1. The van der Waals surface area contributed by atoms with Gasteiger partial charge in [0.05, 0.1) is 10.6 Å². The summed E-state index contributed by atoms with van der Waals surface area (Å²) in [4.78, 5) is 10.5. The van der Waals surface area contributed by atoms with E-state index in [1.165, 1.54) is 12.1 Å². The summed E-state index contributed by atoms with van der Waals surface area (Å²) in [6.45, 7) is 0. The zero-order valence-corrected chi connectivity index (χ0v) is 11.4. The van der Waals surface area contributed by atoms with Crippen LogP contribution in [0.15, 0.2) is 22.7 Å². The van der Waals surface area contributed by atoms with E-state index >= 15 is 0 Å². The van der Waals surface area contributed by atoms with Gasteiger partial charge in [0.15, 0.2) is 0 Å². The predicted molar refractivity (Wildman–Crippen MR) is 67.6 cm³/mol. The summed E-state index contributed by atoms with van der Waals surface area (Å²) >= 11 is 18.8. The Kier molecular flexibility index (Phi) is 8.24. The van der Waals surface area contributed by atoms with Crippen LogP contribution in [0, 0.1) is 0 Å². The Morgan fingerprint density at radius 1 is 1.33 bits per heavy atom. The van der Waals surface area contributed by atoms with Crippen molar-refractivity contribution < 1.29 is 9.90 Å². The Morgan fingerprint density at radius 2 is 1.87 bits per heavy atom. The fourth-order valence-electron chi connectivity index (χ4n) is 0.661. The lowest BCUT2D eigenvalue weighted by Crippen LogP contribution is -1.96.